The average molecular weight is 395 g/mol. The van der Waals surface area contributed by atoms with Crippen LogP contribution in [0.1, 0.15) is 50.9 Å². The van der Waals surface area contributed by atoms with Crippen LogP contribution in [0.5, 0.6) is 0 Å². The van der Waals surface area contributed by atoms with Crippen LogP contribution in [0.3, 0.4) is 0 Å². The number of nitrogens with two attached hydrogens (primary N) is 1. The number of hydrogen-bond donors (Lipinski definition) is 3. The predicted molar refractivity (Wildman–Crippen MR) is 106 cm³/mol. The van der Waals surface area contributed by atoms with Crippen molar-refractivity contribution in [2.24, 2.45) is 5.73 Å². The summed E-state index contributed by atoms with van der Waals surface area (Å²) in [6.07, 6.45) is -0.973. The second kappa shape index (κ2) is 8.48. The molecule has 3 unspecified atom stereocenters. The number of hydrogen-bond acceptors (Lipinski definition) is 4. The van der Waals surface area contributed by atoms with E-state index >= 15 is 0 Å². The molecule has 2 rings (SSSR count). The first kappa shape index (κ1) is 21.5. The van der Waals surface area contributed by atoms with Gasteiger partial charge in [-0.2, -0.15) is 0 Å². The van der Waals surface area contributed by atoms with Crippen LogP contribution >= 0.6 is 0 Å². The predicted octanol–water partition coefficient (Wildman–Crippen LogP) is 3.26. The lowest BCUT2D eigenvalue weighted by molar-refractivity contribution is 0.157. The number of halogens is 1. The SMILES string of the molecule is CC(N)c1cc(F)ccc1-c1ccccc1C(NS(=O)(=O)C(C)C)C(C)O. The molecule has 0 radical (unpaired) electrons. The molecule has 0 bridgehead atoms. The molecule has 148 valence electrons. The Labute approximate surface area is 160 Å². The van der Waals surface area contributed by atoms with Crippen molar-refractivity contribution in [3.8, 4) is 11.1 Å². The molecule has 0 saturated heterocycles. The molecule has 27 heavy (non-hydrogen) atoms. The van der Waals surface area contributed by atoms with Crippen LogP contribution in [0.25, 0.3) is 11.1 Å². The molecule has 2 aromatic rings. The third kappa shape index (κ3) is 4.93. The second-order valence-corrected chi connectivity index (χ2v) is 9.31. The highest BCUT2D eigenvalue weighted by Gasteiger charge is 2.28. The van der Waals surface area contributed by atoms with Gasteiger partial charge in [0, 0.05) is 6.04 Å². The van der Waals surface area contributed by atoms with Gasteiger partial charge in [-0.05, 0) is 62.1 Å². The van der Waals surface area contributed by atoms with Gasteiger partial charge in [-0.1, -0.05) is 30.3 Å². The normalized spacial score (nSPS) is 15.6. The van der Waals surface area contributed by atoms with Crippen LogP contribution in [0.4, 0.5) is 4.39 Å². The molecule has 0 fully saturated rings. The summed E-state index contributed by atoms with van der Waals surface area (Å²) in [6.45, 7) is 6.43. The van der Waals surface area contributed by atoms with Crippen molar-refractivity contribution >= 4 is 10.0 Å². The van der Waals surface area contributed by atoms with E-state index in [0.29, 0.717) is 22.3 Å². The summed E-state index contributed by atoms with van der Waals surface area (Å²) in [7, 11) is -3.62. The Morgan fingerprint density at radius 3 is 2.15 bits per heavy atom. The van der Waals surface area contributed by atoms with E-state index < -0.39 is 39.3 Å². The lowest BCUT2D eigenvalue weighted by Crippen LogP contribution is -2.39. The zero-order chi connectivity index (χ0) is 20.4. The van der Waals surface area contributed by atoms with Crippen molar-refractivity contribution in [2.45, 2.75) is 51.1 Å². The minimum atomic E-state index is -3.62. The van der Waals surface area contributed by atoms with Gasteiger partial charge in [0.05, 0.1) is 17.4 Å². The van der Waals surface area contributed by atoms with Crippen molar-refractivity contribution in [2.75, 3.05) is 0 Å². The Morgan fingerprint density at radius 2 is 1.59 bits per heavy atom. The van der Waals surface area contributed by atoms with Gasteiger partial charge >= 0.3 is 0 Å². The largest absolute Gasteiger partial charge is 0.391 e. The Balaban J connectivity index is 2.64. The lowest BCUT2D eigenvalue weighted by Gasteiger charge is -2.26. The molecular formula is C20H27FN2O3S. The topological polar surface area (TPSA) is 92.4 Å². The molecule has 0 aliphatic heterocycles. The average Bonchev–Trinajstić information content (AvgIpc) is 2.59. The molecule has 4 N–H and O–H groups in total. The van der Waals surface area contributed by atoms with E-state index in [0.717, 1.165) is 0 Å². The van der Waals surface area contributed by atoms with E-state index in [-0.39, 0.29) is 0 Å². The summed E-state index contributed by atoms with van der Waals surface area (Å²) < 4.78 is 41.1. The highest BCUT2D eigenvalue weighted by molar-refractivity contribution is 7.90. The Hall–Kier alpha value is -1.80. The molecule has 3 atom stereocenters. The minimum absolute atomic E-state index is 0.392. The number of aliphatic hydroxyl groups is 1. The maximum absolute atomic E-state index is 13.7. The molecule has 0 aliphatic carbocycles. The monoisotopic (exact) mass is 394 g/mol. The standard InChI is InChI=1S/C20H27FN2O3S/c1-12(2)27(25,26)23-20(14(4)24)18-8-6-5-7-16(18)17-10-9-15(21)11-19(17)13(3)22/h5-14,20,23-24H,22H2,1-4H3. The number of sulfonamides is 1. The zero-order valence-corrected chi connectivity index (χ0v) is 16.8. The van der Waals surface area contributed by atoms with E-state index in [1.807, 2.05) is 12.1 Å². The van der Waals surface area contributed by atoms with E-state index in [1.165, 1.54) is 19.1 Å². The molecule has 0 heterocycles. The van der Waals surface area contributed by atoms with Gasteiger partial charge in [-0.25, -0.2) is 17.5 Å². The van der Waals surface area contributed by atoms with Gasteiger partial charge in [0.15, 0.2) is 0 Å². The summed E-state index contributed by atoms with van der Waals surface area (Å²) in [5.41, 5.74) is 8.63. The Kier molecular flexibility index (Phi) is 6.75. The number of benzene rings is 2. The first-order valence-corrected chi connectivity index (χ1v) is 10.4. The van der Waals surface area contributed by atoms with Crippen molar-refractivity contribution in [1.29, 1.82) is 0 Å². The van der Waals surface area contributed by atoms with E-state index in [4.69, 9.17) is 5.73 Å². The lowest BCUT2D eigenvalue weighted by atomic mass is 9.89. The third-order valence-electron chi connectivity index (χ3n) is 4.48. The summed E-state index contributed by atoms with van der Waals surface area (Å²) in [5, 5.41) is 9.65. The first-order chi connectivity index (χ1) is 12.5. The van der Waals surface area contributed by atoms with Crippen LogP contribution in [0, 0.1) is 5.82 Å². The maximum Gasteiger partial charge on any atom is 0.214 e. The summed E-state index contributed by atoms with van der Waals surface area (Å²) in [5.74, 6) is -0.392. The number of nitrogens with one attached hydrogen (secondary N) is 1. The molecule has 0 aliphatic rings. The Bertz CT molecular complexity index is 896. The van der Waals surface area contributed by atoms with Gasteiger partial charge in [-0.15, -0.1) is 0 Å². The van der Waals surface area contributed by atoms with Crippen LogP contribution in [-0.2, 0) is 10.0 Å². The summed E-state index contributed by atoms with van der Waals surface area (Å²) in [6, 6.07) is 10.2. The molecule has 0 aromatic heterocycles. The summed E-state index contributed by atoms with van der Waals surface area (Å²) in [4.78, 5) is 0. The van der Waals surface area contributed by atoms with Crippen LogP contribution in [-0.4, -0.2) is 24.9 Å². The molecule has 0 saturated carbocycles. The molecule has 7 heteroatoms. The van der Waals surface area contributed by atoms with E-state index in [2.05, 4.69) is 4.72 Å². The molecule has 2 aromatic carbocycles. The first-order valence-electron chi connectivity index (χ1n) is 8.88. The van der Waals surface area contributed by atoms with Crippen LogP contribution in [0.15, 0.2) is 42.5 Å². The van der Waals surface area contributed by atoms with Crippen molar-refractivity contribution in [3.63, 3.8) is 0 Å². The molecular weight excluding hydrogens is 367 g/mol. The van der Waals surface area contributed by atoms with Gasteiger partial charge in [-0.3, -0.25) is 0 Å². The fraction of sp³-hybridized carbons (Fsp3) is 0.400. The Morgan fingerprint density at radius 1 is 1.00 bits per heavy atom. The smallest absolute Gasteiger partial charge is 0.214 e. The summed E-state index contributed by atoms with van der Waals surface area (Å²) >= 11 is 0. The quantitative estimate of drug-likeness (QED) is 0.672. The minimum Gasteiger partial charge on any atom is -0.391 e. The molecule has 5 nitrogen and oxygen atoms in total. The second-order valence-electron chi connectivity index (χ2n) is 7.04. The van der Waals surface area contributed by atoms with Crippen molar-refractivity contribution in [1.82, 2.24) is 4.72 Å². The van der Waals surface area contributed by atoms with Gasteiger partial charge in [0.2, 0.25) is 10.0 Å². The van der Waals surface area contributed by atoms with Crippen molar-refractivity contribution < 1.29 is 17.9 Å². The third-order valence-corrected chi connectivity index (χ3v) is 6.31. The van der Waals surface area contributed by atoms with Crippen LogP contribution in [0.2, 0.25) is 0 Å². The van der Waals surface area contributed by atoms with Gasteiger partial charge in [0.1, 0.15) is 5.82 Å². The zero-order valence-electron chi connectivity index (χ0n) is 16.0. The van der Waals surface area contributed by atoms with E-state index in [9.17, 15) is 17.9 Å². The fourth-order valence-corrected chi connectivity index (χ4v) is 3.85. The number of rotatable bonds is 7. The maximum atomic E-state index is 13.7. The van der Waals surface area contributed by atoms with Crippen LogP contribution < -0.4 is 10.5 Å². The fourth-order valence-electron chi connectivity index (χ4n) is 2.90. The van der Waals surface area contributed by atoms with Gasteiger partial charge in [0.25, 0.3) is 0 Å². The number of aliphatic hydroxyl groups excluding tert-OH is 1. The van der Waals surface area contributed by atoms with Crippen molar-refractivity contribution in [3.05, 3.63) is 59.4 Å². The van der Waals surface area contributed by atoms with E-state index in [1.54, 1.807) is 39.0 Å². The van der Waals surface area contributed by atoms with Gasteiger partial charge < -0.3 is 10.8 Å². The molecule has 0 amide bonds. The highest BCUT2D eigenvalue weighted by atomic mass is 32.2. The molecule has 0 spiro atoms. The highest BCUT2D eigenvalue weighted by Crippen LogP contribution is 2.35.